The van der Waals surface area contributed by atoms with E-state index in [2.05, 4.69) is 9.97 Å². The van der Waals surface area contributed by atoms with Crippen molar-refractivity contribution in [3.05, 3.63) is 58.0 Å². The minimum Gasteiger partial charge on any atom is -0.275 e. The summed E-state index contributed by atoms with van der Waals surface area (Å²) in [6.07, 6.45) is 1.62. The van der Waals surface area contributed by atoms with Crippen LogP contribution in [0.4, 0.5) is 5.69 Å². The molecular formula is C14H12N4O2. The van der Waals surface area contributed by atoms with Gasteiger partial charge >= 0.3 is 5.69 Å². The van der Waals surface area contributed by atoms with Gasteiger partial charge in [-0.15, -0.1) is 0 Å². The van der Waals surface area contributed by atoms with Gasteiger partial charge in [-0.05, 0) is 31.5 Å². The highest BCUT2D eigenvalue weighted by Gasteiger charge is 2.20. The molecule has 0 unspecified atom stereocenters. The third-order valence-electron chi connectivity index (χ3n) is 3.12. The zero-order valence-corrected chi connectivity index (χ0v) is 11.1. The first kappa shape index (κ1) is 12.3. The van der Waals surface area contributed by atoms with Crippen LogP contribution < -0.4 is 0 Å². The molecule has 0 N–H and O–H groups in total. The van der Waals surface area contributed by atoms with Gasteiger partial charge in [-0.2, -0.15) is 0 Å². The van der Waals surface area contributed by atoms with E-state index < -0.39 is 4.92 Å². The summed E-state index contributed by atoms with van der Waals surface area (Å²) >= 11 is 0. The normalized spacial score (nSPS) is 10.9. The smallest absolute Gasteiger partial charge is 0.275 e. The summed E-state index contributed by atoms with van der Waals surface area (Å²) in [6, 6.07) is 9.03. The van der Waals surface area contributed by atoms with Crippen LogP contribution >= 0.6 is 0 Å². The lowest BCUT2D eigenvalue weighted by Gasteiger charge is -2.07. The number of nitrogens with zero attached hydrogens (tertiary/aromatic N) is 4. The van der Waals surface area contributed by atoms with Crippen LogP contribution in [0.25, 0.3) is 16.9 Å². The molecule has 0 fully saturated rings. The second kappa shape index (κ2) is 4.41. The Bertz CT molecular complexity index is 823. The number of aryl methyl sites for hydroxylation is 2. The van der Waals surface area contributed by atoms with E-state index in [4.69, 9.17) is 0 Å². The van der Waals surface area contributed by atoms with E-state index in [9.17, 15) is 10.1 Å². The molecule has 20 heavy (non-hydrogen) atoms. The Kier molecular flexibility index (Phi) is 2.71. The molecule has 3 rings (SSSR count). The van der Waals surface area contributed by atoms with E-state index in [1.165, 1.54) is 6.07 Å². The van der Waals surface area contributed by atoms with Crippen molar-refractivity contribution < 1.29 is 4.92 Å². The average Bonchev–Trinajstić information content (AvgIpc) is 2.74. The molecule has 0 saturated carbocycles. The number of aromatic nitrogens is 3. The Labute approximate surface area is 114 Å². The van der Waals surface area contributed by atoms with Gasteiger partial charge in [0.1, 0.15) is 5.82 Å². The predicted octanol–water partition coefficient (Wildman–Crippen LogP) is 2.95. The van der Waals surface area contributed by atoms with E-state index in [0.29, 0.717) is 11.6 Å². The van der Waals surface area contributed by atoms with E-state index in [-0.39, 0.29) is 5.69 Å². The fourth-order valence-corrected chi connectivity index (χ4v) is 2.27. The number of nitro groups is 1. The van der Waals surface area contributed by atoms with Gasteiger partial charge in [0.05, 0.1) is 16.0 Å². The lowest BCUT2D eigenvalue weighted by molar-refractivity contribution is -0.384. The van der Waals surface area contributed by atoms with Crippen LogP contribution in [0, 0.1) is 24.0 Å². The van der Waals surface area contributed by atoms with Crippen LogP contribution in [-0.4, -0.2) is 19.5 Å². The van der Waals surface area contributed by atoms with Crippen molar-refractivity contribution in [1.29, 1.82) is 0 Å². The second-order valence-electron chi connectivity index (χ2n) is 4.60. The maximum atomic E-state index is 11.2. The third-order valence-corrected chi connectivity index (χ3v) is 3.12. The number of pyridine rings is 1. The van der Waals surface area contributed by atoms with Crippen molar-refractivity contribution in [3.8, 4) is 5.82 Å². The number of rotatable bonds is 2. The molecule has 100 valence electrons. The Morgan fingerprint density at radius 1 is 1.25 bits per heavy atom. The number of hydrogen-bond donors (Lipinski definition) is 0. The van der Waals surface area contributed by atoms with Gasteiger partial charge in [0.15, 0.2) is 0 Å². The van der Waals surface area contributed by atoms with Crippen LogP contribution in [0.5, 0.6) is 0 Å². The predicted molar refractivity (Wildman–Crippen MR) is 75.0 cm³/mol. The average molecular weight is 268 g/mol. The number of para-hydroxylation sites is 2. The lowest BCUT2D eigenvalue weighted by Crippen LogP contribution is -2.05. The van der Waals surface area contributed by atoms with E-state index >= 15 is 0 Å². The molecular weight excluding hydrogens is 256 g/mol. The monoisotopic (exact) mass is 268 g/mol. The molecule has 3 aromatic rings. The molecule has 0 atom stereocenters. The van der Waals surface area contributed by atoms with Crippen molar-refractivity contribution in [3.63, 3.8) is 0 Å². The fraction of sp³-hybridized carbons (Fsp3) is 0.143. The van der Waals surface area contributed by atoms with Crippen LogP contribution in [0.15, 0.2) is 36.5 Å². The van der Waals surface area contributed by atoms with Crippen LogP contribution in [0.1, 0.15) is 11.4 Å². The molecule has 2 aromatic heterocycles. The van der Waals surface area contributed by atoms with Crippen LogP contribution in [0.3, 0.4) is 0 Å². The molecule has 0 aliphatic rings. The Morgan fingerprint density at radius 2 is 2.00 bits per heavy atom. The van der Waals surface area contributed by atoms with Gasteiger partial charge in [-0.3, -0.25) is 14.7 Å². The Morgan fingerprint density at radius 3 is 2.75 bits per heavy atom. The first-order chi connectivity index (χ1) is 9.58. The number of fused-ring (bicyclic) bond motifs is 1. The zero-order valence-electron chi connectivity index (χ0n) is 11.1. The highest BCUT2D eigenvalue weighted by molar-refractivity contribution is 5.78. The van der Waals surface area contributed by atoms with Gasteiger partial charge in [-0.25, -0.2) is 9.97 Å². The molecule has 0 bridgehead atoms. The molecule has 2 heterocycles. The summed E-state index contributed by atoms with van der Waals surface area (Å²) in [5.74, 6) is 0.970. The number of hydrogen-bond acceptors (Lipinski definition) is 4. The summed E-state index contributed by atoms with van der Waals surface area (Å²) in [7, 11) is 0. The third kappa shape index (κ3) is 1.82. The highest BCUT2D eigenvalue weighted by Crippen LogP contribution is 2.27. The molecule has 0 aliphatic carbocycles. The van der Waals surface area contributed by atoms with Gasteiger partial charge in [0.25, 0.3) is 0 Å². The molecule has 6 nitrogen and oxygen atoms in total. The molecule has 0 spiro atoms. The quantitative estimate of drug-likeness (QED) is 0.529. The van der Waals surface area contributed by atoms with Gasteiger partial charge in [-0.1, -0.05) is 12.1 Å². The van der Waals surface area contributed by atoms with Crippen molar-refractivity contribution in [2.24, 2.45) is 0 Å². The van der Waals surface area contributed by atoms with Crippen molar-refractivity contribution in [2.75, 3.05) is 0 Å². The Balaban J connectivity index is 2.36. The van der Waals surface area contributed by atoms with Crippen LogP contribution in [0.2, 0.25) is 0 Å². The summed E-state index contributed by atoms with van der Waals surface area (Å²) in [6.45, 7) is 3.59. The summed E-state index contributed by atoms with van der Waals surface area (Å²) in [5, 5.41) is 11.2. The number of benzene rings is 1. The zero-order chi connectivity index (χ0) is 14.3. The van der Waals surface area contributed by atoms with Crippen molar-refractivity contribution >= 4 is 16.7 Å². The minimum absolute atomic E-state index is 0.0174. The van der Waals surface area contributed by atoms with Gasteiger partial charge in [0.2, 0.25) is 5.82 Å². The Hall–Kier alpha value is -2.76. The van der Waals surface area contributed by atoms with Crippen LogP contribution in [-0.2, 0) is 0 Å². The summed E-state index contributed by atoms with van der Waals surface area (Å²) in [4.78, 5) is 19.5. The topological polar surface area (TPSA) is 73.8 Å². The SMILES string of the molecule is Cc1cnc(-n2c(C)nc3ccccc32)c([N+](=O)[O-])c1. The standard InChI is InChI=1S/C14H12N4O2/c1-9-7-13(18(19)20)14(15-8-9)17-10(2)16-11-5-3-4-6-12(11)17/h3-8H,1-2H3. The molecule has 1 aromatic carbocycles. The van der Waals surface area contributed by atoms with E-state index in [0.717, 1.165) is 16.6 Å². The fourth-order valence-electron chi connectivity index (χ4n) is 2.27. The largest absolute Gasteiger partial charge is 0.312 e. The second-order valence-corrected chi connectivity index (χ2v) is 4.60. The van der Waals surface area contributed by atoms with E-state index in [1.54, 1.807) is 17.7 Å². The van der Waals surface area contributed by atoms with E-state index in [1.807, 2.05) is 31.2 Å². The first-order valence-electron chi connectivity index (χ1n) is 6.13. The maximum absolute atomic E-state index is 11.2. The molecule has 0 radical (unpaired) electrons. The lowest BCUT2D eigenvalue weighted by atomic mass is 10.2. The molecule has 0 amide bonds. The highest BCUT2D eigenvalue weighted by atomic mass is 16.6. The summed E-state index contributed by atoms with van der Waals surface area (Å²) in [5.41, 5.74) is 2.34. The molecule has 0 aliphatic heterocycles. The van der Waals surface area contributed by atoms with Crippen molar-refractivity contribution in [1.82, 2.24) is 14.5 Å². The first-order valence-corrected chi connectivity index (χ1v) is 6.13. The molecule has 6 heteroatoms. The van der Waals surface area contributed by atoms with Gasteiger partial charge < -0.3 is 0 Å². The number of imidazole rings is 1. The minimum atomic E-state index is -0.413. The molecule has 0 saturated heterocycles. The summed E-state index contributed by atoms with van der Waals surface area (Å²) < 4.78 is 1.72. The maximum Gasteiger partial charge on any atom is 0.312 e. The van der Waals surface area contributed by atoms with Crippen molar-refractivity contribution in [2.45, 2.75) is 13.8 Å². The van der Waals surface area contributed by atoms with Gasteiger partial charge in [0, 0.05) is 12.3 Å².